The number of carbonyl (C=O) groups is 2. The second-order valence-corrected chi connectivity index (χ2v) is 10.4. The van der Waals surface area contributed by atoms with E-state index in [0.29, 0.717) is 44.3 Å². The Labute approximate surface area is 191 Å². The summed E-state index contributed by atoms with van der Waals surface area (Å²) in [6, 6.07) is 0. The van der Waals surface area contributed by atoms with Crippen molar-refractivity contribution in [1.82, 2.24) is 0 Å². The molecule has 0 aliphatic rings. The quantitative estimate of drug-likeness (QED) is 0.195. The molecule has 0 unspecified atom stereocenters. The van der Waals surface area contributed by atoms with E-state index in [1.54, 1.807) is 0 Å². The van der Waals surface area contributed by atoms with Gasteiger partial charge in [-0.25, -0.2) is 0 Å². The number of carboxylic acids is 2. The molecule has 0 saturated carbocycles. The number of carboxylic acid groups (broad SMARTS) is 2. The van der Waals surface area contributed by atoms with Gasteiger partial charge in [0.1, 0.15) is 0 Å². The average molecular weight is 443 g/mol. The second kappa shape index (κ2) is 15.7. The molecule has 0 aromatic rings. The maximum Gasteiger partial charge on any atom is 0.309 e. The van der Waals surface area contributed by atoms with Crippen LogP contribution in [-0.2, 0) is 14.3 Å². The van der Waals surface area contributed by atoms with E-state index in [0.717, 1.165) is 57.8 Å². The summed E-state index contributed by atoms with van der Waals surface area (Å²) in [5.41, 5.74) is -1.24. The number of rotatable bonds is 20. The van der Waals surface area contributed by atoms with E-state index >= 15 is 0 Å². The zero-order valence-corrected chi connectivity index (χ0v) is 21.2. The molecule has 5 heteroatoms. The molecule has 0 heterocycles. The maximum absolute atomic E-state index is 12.1. The van der Waals surface area contributed by atoms with E-state index in [4.69, 9.17) is 4.74 Å². The third-order valence-electron chi connectivity index (χ3n) is 6.38. The van der Waals surface area contributed by atoms with Crippen molar-refractivity contribution >= 4 is 11.9 Å². The van der Waals surface area contributed by atoms with Crippen molar-refractivity contribution in [2.75, 3.05) is 13.2 Å². The highest BCUT2D eigenvalue weighted by Gasteiger charge is 2.39. The smallest absolute Gasteiger partial charge is 0.309 e. The summed E-state index contributed by atoms with van der Waals surface area (Å²) < 4.78 is 5.81. The van der Waals surface area contributed by atoms with Gasteiger partial charge in [-0.3, -0.25) is 9.59 Å². The standard InChI is InChI=1S/C26H50O5/c1-7-13-25(14-8-2,23(27)28)15-11-9-10-12-17-31-18-16-26(24(29)30,19-21(3)4)20-22(5)6/h21-22H,7-20H2,1-6H3,(H,27,28)(H,29,30). The molecular weight excluding hydrogens is 392 g/mol. The maximum atomic E-state index is 12.1. The van der Waals surface area contributed by atoms with Crippen LogP contribution in [0.25, 0.3) is 0 Å². The fraction of sp³-hybridized carbons (Fsp3) is 0.923. The van der Waals surface area contributed by atoms with Crippen LogP contribution < -0.4 is 0 Å². The van der Waals surface area contributed by atoms with Crippen LogP contribution in [0.3, 0.4) is 0 Å². The van der Waals surface area contributed by atoms with Crippen molar-refractivity contribution in [3.63, 3.8) is 0 Å². The van der Waals surface area contributed by atoms with Gasteiger partial charge in [0.05, 0.1) is 10.8 Å². The van der Waals surface area contributed by atoms with Gasteiger partial charge in [-0.15, -0.1) is 0 Å². The van der Waals surface area contributed by atoms with Crippen molar-refractivity contribution in [3.05, 3.63) is 0 Å². The normalized spacial score (nSPS) is 12.6. The van der Waals surface area contributed by atoms with Crippen molar-refractivity contribution in [3.8, 4) is 0 Å². The minimum atomic E-state index is -0.695. The van der Waals surface area contributed by atoms with Crippen molar-refractivity contribution in [1.29, 1.82) is 0 Å². The van der Waals surface area contributed by atoms with Crippen LogP contribution in [0.5, 0.6) is 0 Å². The van der Waals surface area contributed by atoms with E-state index in [-0.39, 0.29) is 0 Å². The molecule has 0 aromatic carbocycles. The second-order valence-electron chi connectivity index (χ2n) is 10.4. The highest BCUT2D eigenvalue weighted by molar-refractivity contribution is 5.75. The lowest BCUT2D eigenvalue weighted by Gasteiger charge is -2.32. The molecule has 2 N–H and O–H groups in total. The van der Waals surface area contributed by atoms with E-state index in [1.165, 1.54) is 0 Å². The van der Waals surface area contributed by atoms with Crippen LogP contribution in [0.4, 0.5) is 0 Å². The summed E-state index contributed by atoms with van der Waals surface area (Å²) in [6.07, 6.45) is 9.96. The zero-order chi connectivity index (χ0) is 23.9. The minimum absolute atomic E-state index is 0.341. The molecule has 184 valence electrons. The Bertz CT molecular complexity index is 482. The van der Waals surface area contributed by atoms with Crippen LogP contribution in [-0.4, -0.2) is 35.4 Å². The van der Waals surface area contributed by atoms with Gasteiger partial charge < -0.3 is 14.9 Å². The summed E-state index contributed by atoms with van der Waals surface area (Å²) in [5, 5.41) is 19.6. The Balaban J connectivity index is 4.33. The number of aliphatic carboxylic acids is 2. The highest BCUT2D eigenvalue weighted by Crippen LogP contribution is 2.38. The third-order valence-corrected chi connectivity index (χ3v) is 6.38. The van der Waals surface area contributed by atoms with Gasteiger partial charge in [-0.05, 0) is 56.8 Å². The van der Waals surface area contributed by atoms with Crippen LogP contribution in [0.15, 0.2) is 0 Å². The van der Waals surface area contributed by atoms with Crippen LogP contribution in [0, 0.1) is 22.7 Å². The monoisotopic (exact) mass is 442 g/mol. The molecule has 0 saturated heterocycles. The first kappa shape index (κ1) is 29.9. The number of ether oxygens (including phenoxy) is 1. The molecule has 0 radical (unpaired) electrons. The average Bonchev–Trinajstić information content (AvgIpc) is 2.65. The predicted octanol–water partition coefficient (Wildman–Crippen LogP) is 7.18. The lowest BCUT2D eigenvalue weighted by molar-refractivity contribution is -0.153. The van der Waals surface area contributed by atoms with Crippen molar-refractivity contribution < 1.29 is 24.5 Å². The molecule has 0 bridgehead atoms. The van der Waals surface area contributed by atoms with Gasteiger partial charge in [0.15, 0.2) is 0 Å². The molecule has 0 atom stereocenters. The van der Waals surface area contributed by atoms with Gasteiger partial charge in [-0.1, -0.05) is 73.6 Å². The summed E-state index contributed by atoms with van der Waals surface area (Å²) in [5.74, 6) is -0.648. The molecule has 31 heavy (non-hydrogen) atoms. The fourth-order valence-corrected chi connectivity index (χ4v) is 5.18. The molecular formula is C26H50O5. The summed E-state index contributed by atoms with van der Waals surface area (Å²) in [6.45, 7) is 13.6. The minimum Gasteiger partial charge on any atom is -0.481 e. The topological polar surface area (TPSA) is 83.8 Å². The zero-order valence-electron chi connectivity index (χ0n) is 21.2. The summed E-state index contributed by atoms with van der Waals surface area (Å²) in [4.78, 5) is 23.9. The van der Waals surface area contributed by atoms with Crippen LogP contribution >= 0.6 is 0 Å². The third kappa shape index (κ3) is 11.4. The molecule has 0 fully saturated rings. The molecule has 0 aromatic heterocycles. The van der Waals surface area contributed by atoms with E-state index in [2.05, 4.69) is 41.5 Å². The summed E-state index contributed by atoms with van der Waals surface area (Å²) in [7, 11) is 0. The van der Waals surface area contributed by atoms with Crippen LogP contribution in [0.1, 0.15) is 119 Å². The van der Waals surface area contributed by atoms with Crippen LogP contribution in [0.2, 0.25) is 0 Å². The van der Waals surface area contributed by atoms with Gasteiger partial charge in [0, 0.05) is 13.2 Å². The molecule has 5 nitrogen and oxygen atoms in total. The van der Waals surface area contributed by atoms with Gasteiger partial charge in [-0.2, -0.15) is 0 Å². The first-order valence-electron chi connectivity index (χ1n) is 12.6. The first-order valence-corrected chi connectivity index (χ1v) is 12.6. The number of unbranched alkanes of at least 4 members (excludes halogenated alkanes) is 3. The Kier molecular flexibility index (Phi) is 15.1. The Hall–Kier alpha value is -1.10. The Morgan fingerprint density at radius 1 is 0.677 bits per heavy atom. The Morgan fingerprint density at radius 3 is 1.58 bits per heavy atom. The lowest BCUT2D eigenvalue weighted by atomic mass is 9.72. The largest absolute Gasteiger partial charge is 0.481 e. The van der Waals surface area contributed by atoms with Crippen molar-refractivity contribution in [2.24, 2.45) is 22.7 Å². The molecule has 0 spiro atoms. The molecule has 0 amide bonds. The number of hydrogen-bond acceptors (Lipinski definition) is 3. The van der Waals surface area contributed by atoms with Gasteiger partial charge in [0.25, 0.3) is 0 Å². The van der Waals surface area contributed by atoms with Gasteiger partial charge in [0.2, 0.25) is 0 Å². The first-order chi connectivity index (χ1) is 14.5. The van der Waals surface area contributed by atoms with Crippen molar-refractivity contribution in [2.45, 2.75) is 119 Å². The fourth-order valence-electron chi connectivity index (χ4n) is 5.18. The summed E-state index contributed by atoms with van der Waals surface area (Å²) >= 11 is 0. The van der Waals surface area contributed by atoms with E-state index in [9.17, 15) is 19.8 Å². The molecule has 0 aliphatic heterocycles. The number of hydrogen-bond donors (Lipinski definition) is 2. The molecule has 0 aliphatic carbocycles. The molecule has 0 rings (SSSR count). The SMILES string of the molecule is CCCC(CCC)(CCCCCCOCCC(CC(C)C)(CC(C)C)C(=O)O)C(=O)O. The Morgan fingerprint density at radius 2 is 1.16 bits per heavy atom. The van der Waals surface area contributed by atoms with E-state index in [1.807, 2.05) is 0 Å². The lowest BCUT2D eigenvalue weighted by Crippen LogP contribution is -2.35. The highest BCUT2D eigenvalue weighted by atomic mass is 16.5. The van der Waals surface area contributed by atoms with Gasteiger partial charge >= 0.3 is 11.9 Å². The van der Waals surface area contributed by atoms with E-state index < -0.39 is 22.8 Å². The predicted molar refractivity (Wildman–Crippen MR) is 127 cm³/mol.